The van der Waals surface area contributed by atoms with Gasteiger partial charge in [0.25, 0.3) is 0 Å². The summed E-state index contributed by atoms with van der Waals surface area (Å²) in [5.41, 5.74) is 11.0. The van der Waals surface area contributed by atoms with Crippen molar-refractivity contribution in [2.45, 2.75) is 71.9 Å². The van der Waals surface area contributed by atoms with Gasteiger partial charge in [-0.3, -0.25) is 4.90 Å². The number of hydrogen-bond donors (Lipinski definition) is 1. The number of likely N-dealkylation sites (tertiary alicyclic amines) is 1. The van der Waals surface area contributed by atoms with Gasteiger partial charge >= 0.3 is 0 Å². The minimum atomic E-state index is -0.498. The van der Waals surface area contributed by atoms with E-state index in [4.69, 9.17) is 0 Å². The van der Waals surface area contributed by atoms with Crippen LogP contribution in [-0.2, 0) is 6.42 Å². The Kier molecular flexibility index (Phi) is 4.48. The second kappa shape index (κ2) is 6.46. The van der Waals surface area contributed by atoms with Crippen molar-refractivity contribution in [1.82, 2.24) is 4.90 Å². The molecule has 0 bridgehead atoms. The van der Waals surface area contributed by atoms with Crippen molar-refractivity contribution >= 4 is 0 Å². The lowest BCUT2D eigenvalue weighted by atomic mass is 9.86. The van der Waals surface area contributed by atoms with Crippen LogP contribution in [0.3, 0.4) is 0 Å². The van der Waals surface area contributed by atoms with Gasteiger partial charge in [-0.1, -0.05) is 38.1 Å². The molecule has 0 aromatic heterocycles. The monoisotopic (exact) mass is 363 g/mol. The second-order valence-corrected chi connectivity index (χ2v) is 9.44. The number of hydrogen-bond acceptors (Lipinski definition) is 2. The molecule has 0 radical (unpaired) electrons. The number of benzene rings is 2. The lowest BCUT2D eigenvalue weighted by molar-refractivity contribution is -0.103. The van der Waals surface area contributed by atoms with Gasteiger partial charge in [0, 0.05) is 19.1 Å². The van der Waals surface area contributed by atoms with Gasteiger partial charge in [0.15, 0.2) is 0 Å². The van der Waals surface area contributed by atoms with Crippen molar-refractivity contribution in [2.24, 2.45) is 0 Å². The first kappa shape index (κ1) is 18.7. The maximum atomic E-state index is 10.1. The van der Waals surface area contributed by atoms with Gasteiger partial charge in [-0.15, -0.1) is 0 Å². The molecule has 144 valence electrons. The number of β-amino-alcohol motifs (C(OH)–C–C–N with tert-alkyl or cyclic N) is 1. The molecule has 2 nitrogen and oxygen atoms in total. The van der Waals surface area contributed by atoms with Crippen LogP contribution in [0.4, 0.5) is 0 Å². The Labute approximate surface area is 164 Å². The highest BCUT2D eigenvalue weighted by atomic mass is 16.3. The van der Waals surface area contributed by atoms with Gasteiger partial charge in [-0.05, 0) is 91.0 Å². The quantitative estimate of drug-likeness (QED) is 0.783. The zero-order valence-electron chi connectivity index (χ0n) is 17.7. The highest BCUT2D eigenvalue weighted by molar-refractivity contribution is 5.74. The van der Waals surface area contributed by atoms with Crippen molar-refractivity contribution < 1.29 is 5.11 Å². The number of nitrogens with zero attached hydrogens (tertiary/aromatic N) is 1. The van der Waals surface area contributed by atoms with Crippen molar-refractivity contribution in [3.05, 3.63) is 57.6 Å². The minimum absolute atomic E-state index is 0.483. The summed E-state index contributed by atoms with van der Waals surface area (Å²) in [5.74, 6) is 0.566. The van der Waals surface area contributed by atoms with Gasteiger partial charge < -0.3 is 5.11 Å². The lowest BCUT2D eigenvalue weighted by Crippen LogP contribution is -2.60. The maximum absolute atomic E-state index is 10.1. The van der Waals surface area contributed by atoms with Crippen molar-refractivity contribution in [2.75, 3.05) is 13.1 Å². The van der Waals surface area contributed by atoms with Crippen LogP contribution in [0.2, 0.25) is 0 Å². The van der Waals surface area contributed by atoms with E-state index in [0.29, 0.717) is 12.0 Å². The molecule has 1 aliphatic heterocycles. The molecule has 27 heavy (non-hydrogen) atoms. The maximum Gasteiger partial charge on any atom is 0.0872 e. The fourth-order valence-corrected chi connectivity index (χ4v) is 5.47. The fourth-order valence-electron chi connectivity index (χ4n) is 5.47. The first-order valence-electron chi connectivity index (χ1n) is 10.4. The number of aliphatic hydroxyl groups is 1. The molecular weight excluding hydrogens is 330 g/mol. The normalized spacial score (nSPS) is 21.4. The Morgan fingerprint density at radius 3 is 2.37 bits per heavy atom. The molecule has 0 amide bonds. The number of aryl methyl sites for hydroxylation is 2. The standard InChI is InChI=1S/C25H33NO/c1-15(2)20-8-7-19(11-16(20)3)24-17(4)12-22-21(18(24)5)9-10-23(22)26-13-25(6,27)14-26/h7-8,11-12,15,23,27H,9-10,13-14H2,1-6H3. The van der Waals surface area contributed by atoms with Crippen LogP contribution in [0.1, 0.15) is 72.5 Å². The SMILES string of the molecule is Cc1cc(-c2c(C)cc3c(c2C)CCC3N2CC(C)(O)C2)ccc1C(C)C. The van der Waals surface area contributed by atoms with Crippen LogP contribution in [0.15, 0.2) is 24.3 Å². The largest absolute Gasteiger partial charge is 0.388 e. The van der Waals surface area contributed by atoms with Crippen molar-refractivity contribution in [3.63, 3.8) is 0 Å². The van der Waals surface area contributed by atoms with E-state index in [2.05, 4.69) is 63.8 Å². The van der Waals surface area contributed by atoms with Crippen molar-refractivity contribution in [1.29, 1.82) is 0 Å². The van der Waals surface area contributed by atoms with E-state index in [-0.39, 0.29) is 0 Å². The molecule has 1 aliphatic carbocycles. The highest BCUT2D eigenvalue weighted by Crippen LogP contribution is 2.45. The van der Waals surface area contributed by atoms with Crippen LogP contribution in [0, 0.1) is 20.8 Å². The Morgan fingerprint density at radius 2 is 1.78 bits per heavy atom. The van der Waals surface area contributed by atoms with Gasteiger partial charge in [-0.2, -0.15) is 0 Å². The van der Waals surface area contributed by atoms with Crippen LogP contribution < -0.4 is 0 Å². The molecule has 1 unspecified atom stereocenters. The summed E-state index contributed by atoms with van der Waals surface area (Å²) in [7, 11) is 0. The Balaban J connectivity index is 1.72. The molecule has 1 saturated heterocycles. The molecule has 0 spiro atoms. The van der Waals surface area contributed by atoms with E-state index >= 15 is 0 Å². The van der Waals surface area contributed by atoms with E-state index in [1.807, 2.05) is 6.92 Å². The lowest BCUT2D eigenvalue weighted by Gasteiger charge is -2.47. The fraction of sp³-hybridized carbons (Fsp3) is 0.520. The van der Waals surface area contributed by atoms with Crippen LogP contribution >= 0.6 is 0 Å². The van der Waals surface area contributed by atoms with Crippen LogP contribution in [0.25, 0.3) is 11.1 Å². The van der Waals surface area contributed by atoms with E-state index in [1.54, 1.807) is 0 Å². The minimum Gasteiger partial charge on any atom is -0.388 e. The molecule has 0 saturated carbocycles. The Bertz CT molecular complexity index is 886. The smallest absolute Gasteiger partial charge is 0.0872 e. The molecule has 1 heterocycles. The second-order valence-electron chi connectivity index (χ2n) is 9.44. The average molecular weight is 364 g/mol. The summed E-state index contributed by atoms with van der Waals surface area (Å²) >= 11 is 0. The molecule has 2 heteroatoms. The van der Waals surface area contributed by atoms with E-state index in [0.717, 1.165) is 19.5 Å². The first-order valence-corrected chi connectivity index (χ1v) is 10.4. The van der Waals surface area contributed by atoms with Crippen LogP contribution in [-0.4, -0.2) is 28.7 Å². The molecule has 2 aromatic carbocycles. The van der Waals surface area contributed by atoms with Gasteiger partial charge in [0.05, 0.1) is 5.60 Å². The van der Waals surface area contributed by atoms with E-state index in [9.17, 15) is 5.11 Å². The van der Waals surface area contributed by atoms with Gasteiger partial charge in [-0.25, -0.2) is 0 Å². The summed E-state index contributed by atoms with van der Waals surface area (Å²) in [6.45, 7) is 14.9. The molecule has 1 atom stereocenters. The zero-order valence-corrected chi connectivity index (χ0v) is 17.7. The third kappa shape index (κ3) is 3.13. The molecule has 4 rings (SSSR count). The first-order chi connectivity index (χ1) is 12.7. The number of fused-ring (bicyclic) bond motifs is 1. The molecule has 2 aromatic rings. The summed E-state index contributed by atoms with van der Waals surface area (Å²) < 4.78 is 0. The van der Waals surface area contributed by atoms with Crippen LogP contribution in [0.5, 0.6) is 0 Å². The third-order valence-corrected chi connectivity index (χ3v) is 6.68. The summed E-state index contributed by atoms with van der Waals surface area (Å²) in [6.07, 6.45) is 2.33. The molecular formula is C25H33NO. The van der Waals surface area contributed by atoms with E-state index < -0.39 is 5.60 Å². The summed E-state index contributed by atoms with van der Waals surface area (Å²) in [6, 6.07) is 9.90. The topological polar surface area (TPSA) is 23.5 Å². The molecule has 1 fully saturated rings. The predicted molar refractivity (Wildman–Crippen MR) is 113 cm³/mol. The summed E-state index contributed by atoms with van der Waals surface area (Å²) in [5, 5.41) is 10.1. The molecule has 2 aliphatic rings. The third-order valence-electron chi connectivity index (χ3n) is 6.68. The average Bonchev–Trinajstić information content (AvgIpc) is 2.96. The zero-order chi connectivity index (χ0) is 19.5. The molecule has 1 N–H and O–H groups in total. The highest BCUT2D eigenvalue weighted by Gasteiger charge is 2.42. The number of rotatable bonds is 3. The Morgan fingerprint density at radius 1 is 1.07 bits per heavy atom. The Hall–Kier alpha value is -1.64. The van der Waals surface area contributed by atoms with Crippen molar-refractivity contribution in [3.8, 4) is 11.1 Å². The van der Waals surface area contributed by atoms with E-state index in [1.165, 1.54) is 50.9 Å². The van der Waals surface area contributed by atoms with Gasteiger partial charge in [0.1, 0.15) is 0 Å². The van der Waals surface area contributed by atoms with Gasteiger partial charge in [0.2, 0.25) is 0 Å². The predicted octanol–water partition coefficient (Wildman–Crippen LogP) is 5.46. The summed E-state index contributed by atoms with van der Waals surface area (Å²) in [4.78, 5) is 2.45.